The zero-order valence-electron chi connectivity index (χ0n) is 6.80. The number of nitrogens with one attached hydrogen (secondary N) is 1. The molecular formula is C9H12FNO. The van der Waals surface area contributed by atoms with Gasteiger partial charge in [0.25, 0.3) is 0 Å². The fourth-order valence-electron chi connectivity index (χ4n) is 0.829. The minimum absolute atomic E-state index is 0. The van der Waals surface area contributed by atoms with E-state index in [1.54, 1.807) is 12.1 Å². The van der Waals surface area contributed by atoms with Crippen molar-refractivity contribution in [2.45, 2.75) is 13.5 Å². The molecule has 0 fully saturated rings. The first-order valence-electron chi connectivity index (χ1n) is 3.67. The van der Waals surface area contributed by atoms with Gasteiger partial charge in [0, 0.05) is 14.9 Å². The summed E-state index contributed by atoms with van der Waals surface area (Å²) in [7, 11) is 0. The lowest BCUT2D eigenvalue weighted by Crippen LogP contribution is -2.18. The van der Waals surface area contributed by atoms with Crippen molar-refractivity contribution in [2.75, 3.05) is 0 Å². The van der Waals surface area contributed by atoms with E-state index < -0.39 is 0 Å². The summed E-state index contributed by atoms with van der Waals surface area (Å²) in [5.74, 6) is -0.346. The van der Waals surface area contributed by atoms with Crippen molar-refractivity contribution in [3.8, 4) is 0 Å². The Bertz CT molecular complexity index is 273. The van der Waals surface area contributed by atoms with Crippen LogP contribution in [0, 0.1) is 5.82 Å². The van der Waals surface area contributed by atoms with E-state index in [-0.39, 0.29) is 13.2 Å². The molecule has 1 aromatic carbocycles. The molecule has 0 radical (unpaired) electrons. The van der Waals surface area contributed by atoms with Crippen LogP contribution in [0.15, 0.2) is 24.3 Å². The van der Waals surface area contributed by atoms with Gasteiger partial charge in [-0.25, -0.2) is 4.39 Å². The number of benzene rings is 1. The molecule has 3 heteroatoms. The summed E-state index contributed by atoms with van der Waals surface area (Å²) < 4.78 is 12.4. The Morgan fingerprint density at radius 3 is 2.58 bits per heavy atom. The van der Waals surface area contributed by atoms with Gasteiger partial charge in [0.1, 0.15) is 5.82 Å². The van der Waals surface area contributed by atoms with Gasteiger partial charge in [0.05, 0.1) is 0 Å². The lowest BCUT2D eigenvalue weighted by Gasteiger charge is -2.00. The van der Waals surface area contributed by atoms with Gasteiger partial charge in [0.15, 0.2) is 0 Å². The number of hydrogen-bond acceptors (Lipinski definition) is 1. The zero-order valence-corrected chi connectivity index (χ0v) is 6.80. The second-order valence-electron chi connectivity index (χ2n) is 2.54. The molecule has 0 aliphatic rings. The second-order valence-corrected chi connectivity index (χ2v) is 2.54. The fraction of sp³-hybridized carbons (Fsp3) is 0.222. The van der Waals surface area contributed by atoms with Crippen LogP contribution in [0.3, 0.4) is 0 Å². The number of halogens is 1. The maximum Gasteiger partial charge on any atom is 0.217 e. The van der Waals surface area contributed by atoms with E-state index >= 15 is 0 Å². The normalized spacial score (nSPS) is 9.50. The van der Waals surface area contributed by atoms with Gasteiger partial charge in [-0.05, 0) is 17.7 Å². The number of hydrogen-bond donors (Lipinski definition) is 1. The van der Waals surface area contributed by atoms with Crippen molar-refractivity contribution in [1.29, 1.82) is 0 Å². The van der Waals surface area contributed by atoms with Gasteiger partial charge in [0.2, 0.25) is 5.91 Å². The van der Waals surface area contributed by atoms with E-state index in [0.29, 0.717) is 6.54 Å². The molecule has 1 rings (SSSR count). The summed E-state index contributed by atoms with van der Waals surface area (Å²) in [5, 5.41) is 2.62. The van der Waals surface area contributed by atoms with Crippen molar-refractivity contribution in [2.24, 2.45) is 0 Å². The van der Waals surface area contributed by atoms with Crippen molar-refractivity contribution < 1.29 is 10.6 Å². The monoisotopic (exact) mass is 169 g/mol. The highest BCUT2D eigenvalue weighted by molar-refractivity contribution is 5.72. The summed E-state index contributed by atoms with van der Waals surface area (Å²) in [6.07, 6.45) is 0. The Labute approximate surface area is 71.9 Å². The lowest BCUT2D eigenvalue weighted by molar-refractivity contribution is -0.119. The molecule has 0 aliphatic heterocycles. The molecule has 1 aromatic rings. The van der Waals surface area contributed by atoms with Crippen LogP contribution in [0.2, 0.25) is 0 Å². The highest BCUT2D eigenvalue weighted by Gasteiger charge is 1.94. The molecule has 0 aliphatic carbocycles. The van der Waals surface area contributed by atoms with Crippen LogP contribution in [0.5, 0.6) is 0 Å². The predicted octanol–water partition coefficient (Wildman–Crippen LogP) is 1.71. The molecule has 2 nitrogen and oxygen atoms in total. The quantitative estimate of drug-likeness (QED) is 0.717. The van der Waals surface area contributed by atoms with Crippen molar-refractivity contribution in [1.82, 2.24) is 5.32 Å². The maximum absolute atomic E-state index is 12.4. The van der Waals surface area contributed by atoms with E-state index in [0.717, 1.165) is 5.56 Å². The lowest BCUT2D eigenvalue weighted by atomic mass is 10.2. The van der Waals surface area contributed by atoms with Gasteiger partial charge in [-0.3, -0.25) is 4.79 Å². The van der Waals surface area contributed by atoms with Crippen molar-refractivity contribution in [3.05, 3.63) is 35.6 Å². The van der Waals surface area contributed by atoms with Crippen LogP contribution in [0.4, 0.5) is 4.39 Å². The first-order chi connectivity index (χ1) is 5.68. The summed E-state index contributed by atoms with van der Waals surface area (Å²) >= 11 is 0. The first-order valence-corrected chi connectivity index (χ1v) is 3.67. The number of carbonyl (C=O) groups excluding carboxylic acids is 1. The molecule has 12 heavy (non-hydrogen) atoms. The summed E-state index contributed by atoms with van der Waals surface area (Å²) in [5.41, 5.74) is 0.895. The summed E-state index contributed by atoms with van der Waals surface area (Å²) in [4.78, 5) is 10.5. The highest BCUT2D eigenvalue weighted by Crippen LogP contribution is 2.01. The topological polar surface area (TPSA) is 29.1 Å². The average Bonchev–Trinajstić information content (AvgIpc) is 2.03. The van der Waals surface area contributed by atoms with E-state index in [1.165, 1.54) is 19.1 Å². The van der Waals surface area contributed by atoms with Crippen LogP contribution >= 0.6 is 0 Å². The molecule has 0 saturated heterocycles. The van der Waals surface area contributed by atoms with Crippen LogP contribution < -0.4 is 5.32 Å². The van der Waals surface area contributed by atoms with Crippen LogP contribution in [0.1, 0.15) is 13.9 Å². The Kier molecular flexibility index (Phi) is 2.80. The second kappa shape index (κ2) is 3.85. The maximum atomic E-state index is 12.4. The van der Waals surface area contributed by atoms with Crippen molar-refractivity contribution >= 4 is 5.91 Å². The smallest absolute Gasteiger partial charge is 0.217 e. The van der Waals surface area contributed by atoms with Gasteiger partial charge in [-0.2, -0.15) is 0 Å². The molecule has 0 unspecified atom stereocenters. The molecule has 0 atom stereocenters. The van der Waals surface area contributed by atoms with Gasteiger partial charge in [-0.1, -0.05) is 12.1 Å². The predicted molar refractivity (Wildman–Crippen MR) is 46.0 cm³/mol. The molecule has 0 aromatic heterocycles. The molecular weight excluding hydrogens is 157 g/mol. The Hall–Kier alpha value is -1.38. The zero-order chi connectivity index (χ0) is 8.97. The highest BCUT2D eigenvalue weighted by atomic mass is 19.1. The number of carbonyl (C=O) groups is 1. The van der Waals surface area contributed by atoms with E-state index in [1.807, 2.05) is 0 Å². The third-order valence-corrected chi connectivity index (χ3v) is 1.45. The Morgan fingerprint density at radius 1 is 1.50 bits per heavy atom. The van der Waals surface area contributed by atoms with E-state index in [4.69, 9.17) is 0 Å². The fourth-order valence-corrected chi connectivity index (χ4v) is 0.829. The van der Waals surface area contributed by atoms with Gasteiger partial charge < -0.3 is 5.32 Å². The SMILES string of the molecule is CC(=O)NCc1ccc(F)cc1.[HH]. The molecule has 0 saturated carbocycles. The molecule has 1 amide bonds. The average molecular weight is 169 g/mol. The molecule has 1 N–H and O–H groups in total. The molecule has 0 bridgehead atoms. The third-order valence-electron chi connectivity index (χ3n) is 1.45. The van der Waals surface area contributed by atoms with Gasteiger partial charge in [-0.15, -0.1) is 0 Å². The Morgan fingerprint density at radius 2 is 2.08 bits per heavy atom. The van der Waals surface area contributed by atoms with Crippen LogP contribution in [-0.4, -0.2) is 5.91 Å². The van der Waals surface area contributed by atoms with E-state index in [9.17, 15) is 9.18 Å². The van der Waals surface area contributed by atoms with Crippen LogP contribution in [-0.2, 0) is 11.3 Å². The molecule has 0 spiro atoms. The number of rotatable bonds is 2. The number of amides is 1. The third kappa shape index (κ3) is 2.70. The minimum atomic E-state index is -0.262. The first kappa shape index (κ1) is 8.71. The van der Waals surface area contributed by atoms with Crippen molar-refractivity contribution in [3.63, 3.8) is 0 Å². The summed E-state index contributed by atoms with van der Waals surface area (Å²) in [6, 6.07) is 6.03. The standard InChI is InChI=1S/C9H10FNO.H2/c1-7(12)11-6-8-2-4-9(10)5-3-8;/h2-5H,6H2,1H3,(H,11,12);1H. The molecule has 66 valence electrons. The Balaban J connectivity index is 0.00000144. The van der Waals surface area contributed by atoms with E-state index in [2.05, 4.69) is 5.32 Å². The summed E-state index contributed by atoms with van der Waals surface area (Å²) in [6.45, 7) is 1.90. The largest absolute Gasteiger partial charge is 0.352 e. The minimum Gasteiger partial charge on any atom is -0.352 e. The van der Waals surface area contributed by atoms with Gasteiger partial charge >= 0.3 is 0 Å². The van der Waals surface area contributed by atoms with Crippen LogP contribution in [0.25, 0.3) is 0 Å². The molecule has 0 heterocycles.